The van der Waals surface area contributed by atoms with E-state index in [1.165, 1.54) is 77.4 Å². The van der Waals surface area contributed by atoms with E-state index in [9.17, 15) is 4.79 Å². The Morgan fingerprint density at radius 2 is 1.65 bits per heavy atom. The number of hydrogen-bond donors (Lipinski definition) is 1. The third-order valence-corrected chi connectivity index (χ3v) is 8.63. The van der Waals surface area contributed by atoms with Crippen LogP contribution >= 0.6 is 11.3 Å². The number of thiazole rings is 1. The Balaban J connectivity index is 1.20. The number of benzene rings is 1. The monoisotopic (exact) mass is 483 g/mol. The van der Waals surface area contributed by atoms with E-state index in [1.54, 1.807) is 11.3 Å². The minimum atomic E-state index is 0.110. The molecule has 2 aliphatic rings. The first kappa shape index (κ1) is 25.3. The Morgan fingerprint density at radius 3 is 2.38 bits per heavy atom. The summed E-state index contributed by atoms with van der Waals surface area (Å²) in [7, 11) is 0. The summed E-state index contributed by atoms with van der Waals surface area (Å²) in [5.74, 6) is 0.110. The number of aliphatic hydroxyl groups is 1. The summed E-state index contributed by atoms with van der Waals surface area (Å²) in [5.41, 5.74) is 1.99. The lowest BCUT2D eigenvalue weighted by Gasteiger charge is -2.47. The van der Waals surface area contributed by atoms with Crippen LogP contribution in [-0.2, 0) is 0 Å². The summed E-state index contributed by atoms with van der Waals surface area (Å²) in [6, 6.07) is 10.1. The molecule has 34 heavy (non-hydrogen) atoms. The molecule has 6 heteroatoms. The molecule has 1 aromatic heterocycles. The van der Waals surface area contributed by atoms with E-state index in [4.69, 9.17) is 5.11 Å². The molecule has 1 aromatic carbocycles. The van der Waals surface area contributed by atoms with Gasteiger partial charge in [0.2, 0.25) is 0 Å². The van der Waals surface area contributed by atoms with Gasteiger partial charge in [-0.15, -0.1) is 11.3 Å². The summed E-state index contributed by atoms with van der Waals surface area (Å²) in [5, 5.41) is 11.7. The van der Waals surface area contributed by atoms with E-state index in [-0.39, 0.29) is 5.91 Å². The Morgan fingerprint density at radius 1 is 0.941 bits per heavy atom. The van der Waals surface area contributed by atoms with Crippen LogP contribution in [0, 0.1) is 5.41 Å². The van der Waals surface area contributed by atoms with Gasteiger partial charge < -0.3 is 14.9 Å². The second kappa shape index (κ2) is 12.8. The molecule has 186 valence electrons. The minimum Gasteiger partial charge on any atom is -0.396 e. The van der Waals surface area contributed by atoms with E-state index >= 15 is 0 Å². The number of nitrogens with zero attached hydrogens (tertiary/aromatic N) is 3. The van der Waals surface area contributed by atoms with Crippen molar-refractivity contribution in [3.63, 3.8) is 0 Å². The molecule has 2 aliphatic heterocycles. The standard InChI is InChI=1S/C28H41N3O2S/c32-21-10-5-3-1-2-4-9-17-30-19-15-28(16-20-30)14-11-18-31(23-28)27(33)25-22-34-26(29-25)24-12-7-6-8-13-24/h6-8,12-13,22,32H,1-5,9-11,14-21,23H2. The van der Waals surface area contributed by atoms with Crippen LogP contribution in [0.4, 0.5) is 0 Å². The highest BCUT2D eigenvalue weighted by Gasteiger charge is 2.40. The number of hydrogen-bond acceptors (Lipinski definition) is 5. The average Bonchev–Trinajstić information content (AvgIpc) is 3.37. The zero-order valence-corrected chi connectivity index (χ0v) is 21.4. The van der Waals surface area contributed by atoms with Gasteiger partial charge in [-0.2, -0.15) is 0 Å². The Kier molecular flexibility index (Phi) is 9.54. The molecule has 0 radical (unpaired) electrons. The maximum atomic E-state index is 13.3. The number of carbonyl (C=O) groups is 1. The summed E-state index contributed by atoms with van der Waals surface area (Å²) >= 11 is 1.56. The number of aliphatic hydroxyl groups excluding tert-OH is 1. The van der Waals surface area contributed by atoms with Crippen molar-refractivity contribution in [1.29, 1.82) is 0 Å². The van der Waals surface area contributed by atoms with Crippen LogP contribution in [-0.4, -0.2) is 65.1 Å². The molecule has 1 amide bonds. The van der Waals surface area contributed by atoms with E-state index in [0.717, 1.165) is 36.5 Å². The summed E-state index contributed by atoms with van der Waals surface area (Å²) < 4.78 is 0. The number of likely N-dealkylation sites (tertiary alicyclic amines) is 2. The SMILES string of the molecule is O=C(c1csc(-c2ccccc2)n1)N1CCCC2(CCN(CCCCCCCCCO)CC2)C1. The number of aromatic nitrogens is 1. The molecule has 0 aliphatic carbocycles. The lowest BCUT2D eigenvalue weighted by molar-refractivity contribution is 0.0208. The minimum absolute atomic E-state index is 0.110. The van der Waals surface area contributed by atoms with Crippen molar-refractivity contribution >= 4 is 17.2 Å². The fourth-order valence-electron chi connectivity index (χ4n) is 5.62. The van der Waals surface area contributed by atoms with E-state index in [1.807, 2.05) is 23.6 Å². The molecular formula is C28H41N3O2S. The van der Waals surface area contributed by atoms with Gasteiger partial charge in [0.15, 0.2) is 0 Å². The van der Waals surface area contributed by atoms with Crippen molar-refractivity contribution in [2.75, 3.05) is 39.3 Å². The lowest BCUT2D eigenvalue weighted by Crippen LogP contribution is -2.51. The summed E-state index contributed by atoms with van der Waals surface area (Å²) in [4.78, 5) is 22.7. The number of rotatable bonds is 11. The molecule has 5 nitrogen and oxygen atoms in total. The van der Waals surface area contributed by atoms with Crippen molar-refractivity contribution in [1.82, 2.24) is 14.8 Å². The van der Waals surface area contributed by atoms with Crippen molar-refractivity contribution in [3.05, 3.63) is 41.4 Å². The van der Waals surface area contributed by atoms with Crippen LogP contribution in [0.2, 0.25) is 0 Å². The fraction of sp³-hybridized carbons (Fsp3) is 0.643. The van der Waals surface area contributed by atoms with Gasteiger partial charge >= 0.3 is 0 Å². The van der Waals surface area contributed by atoms with Gasteiger partial charge in [-0.05, 0) is 63.6 Å². The molecule has 0 saturated carbocycles. The van der Waals surface area contributed by atoms with E-state index < -0.39 is 0 Å². The van der Waals surface area contributed by atoms with Crippen LogP contribution in [0.25, 0.3) is 10.6 Å². The van der Waals surface area contributed by atoms with Crippen molar-refractivity contribution in [3.8, 4) is 10.6 Å². The number of unbranched alkanes of at least 4 members (excludes halogenated alkanes) is 6. The Labute approximate surface area is 209 Å². The highest BCUT2D eigenvalue weighted by Crippen LogP contribution is 2.40. The molecule has 1 N–H and O–H groups in total. The Bertz CT molecular complexity index is 877. The third kappa shape index (κ3) is 6.89. The van der Waals surface area contributed by atoms with Gasteiger partial charge in [0.1, 0.15) is 10.7 Å². The lowest BCUT2D eigenvalue weighted by atomic mass is 9.72. The van der Waals surface area contributed by atoms with Crippen molar-refractivity contribution in [2.45, 2.75) is 70.6 Å². The average molecular weight is 484 g/mol. The maximum absolute atomic E-state index is 13.3. The van der Waals surface area contributed by atoms with Gasteiger partial charge in [-0.25, -0.2) is 4.98 Å². The first-order chi connectivity index (χ1) is 16.7. The Hall–Kier alpha value is -1.76. The molecule has 0 bridgehead atoms. The summed E-state index contributed by atoms with van der Waals surface area (Å²) in [6.45, 7) is 5.66. The largest absolute Gasteiger partial charge is 0.396 e. The van der Waals surface area contributed by atoms with Crippen molar-refractivity contribution < 1.29 is 9.90 Å². The van der Waals surface area contributed by atoms with Gasteiger partial charge in [0, 0.05) is 30.6 Å². The van der Waals surface area contributed by atoms with E-state index in [2.05, 4.69) is 26.9 Å². The van der Waals surface area contributed by atoms with Gasteiger partial charge in [-0.1, -0.05) is 62.4 Å². The zero-order valence-electron chi connectivity index (χ0n) is 20.6. The molecule has 2 saturated heterocycles. The highest BCUT2D eigenvalue weighted by molar-refractivity contribution is 7.13. The smallest absolute Gasteiger partial charge is 0.273 e. The number of piperidine rings is 2. The highest BCUT2D eigenvalue weighted by atomic mass is 32.1. The predicted molar refractivity (Wildman–Crippen MR) is 140 cm³/mol. The van der Waals surface area contributed by atoms with Gasteiger partial charge in [0.05, 0.1) is 0 Å². The van der Waals surface area contributed by atoms with E-state index in [0.29, 0.717) is 17.7 Å². The van der Waals surface area contributed by atoms with Crippen LogP contribution < -0.4 is 0 Å². The number of carbonyl (C=O) groups excluding carboxylic acids is 1. The first-order valence-electron chi connectivity index (χ1n) is 13.3. The molecule has 2 aromatic rings. The van der Waals surface area contributed by atoms with Crippen LogP contribution in [0.1, 0.15) is 81.1 Å². The molecule has 2 fully saturated rings. The molecule has 1 spiro atoms. The molecular weight excluding hydrogens is 442 g/mol. The molecule has 3 heterocycles. The molecule has 4 rings (SSSR count). The zero-order chi connectivity index (χ0) is 23.6. The second-order valence-corrected chi connectivity index (χ2v) is 11.1. The first-order valence-corrected chi connectivity index (χ1v) is 14.2. The number of amides is 1. The quantitative estimate of drug-likeness (QED) is 0.407. The van der Waals surface area contributed by atoms with Gasteiger partial charge in [0.25, 0.3) is 5.91 Å². The van der Waals surface area contributed by atoms with Crippen molar-refractivity contribution in [2.24, 2.45) is 5.41 Å². The maximum Gasteiger partial charge on any atom is 0.273 e. The third-order valence-electron chi connectivity index (χ3n) is 7.74. The predicted octanol–water partition coefficient (Wildman–Crippen LogP) is 5.85. The van der Waals surface area contributed by atoms with Gasteiger partial charge in [-0.3, -0.25) is 4.79 Å². The molecule has 0 atom stereocenters. The normalized spacial score (nSPS) is 18.4. The fourth-order valence-corrected chi connectivity index (χ4v) is 6.42. The topological polar surface area (TPSA) is 56.7 Å². The van der Waals surface area contributed by atoms with Crippen LogP contribution in [0.3, 0.4) is 0 Å². The van der Waals surface area contributed by atoms with Crippen LogP contribution in [0.5, 0.6) is 0 Å². The van der Waals surface area contributed by atoms with Crippen LogP contribution in [0.15, 0.2) is 35.7 Å². The molecule has 0 unspecified atom stereocenters. The second-order valence-electron chi connectivity index (χ2n) is 10.3. The summed E-state index contributed by atoms with van der Waals surface area (Å²) in [6.07, 6.45) is 13.4.